The van der Waals surface area contributed by atoms with Gasteiger partial charge < -0.3 is 15.5 Å². The summed E-state index contributed by atoms with van der Waals surface area (Å²) in [5.41, 5.74) is 10.9. The predicted octanol–water partition coefficient (Wildman–Crippen LogP) is 8.63. The second-order valence-corrected chi connectivity index (χ2v) is 11.3. The van der Waals surface area contributed by atoms with Crippen LogP contribution in [0.5, 0.6) is 0 Å². The van der Waals surface area contributed by atoms with E-state index in [-0.39, 0.29) is 6.17 Å². The van der Waals surface area contributed by atoms with Gasteiger partial charge in [0.15, 0.2) is 0 Å². The molecule has 8 rings (SSSR count). The zero-order valence-corrected chi connectivity index (χ0v) is 22.7. The summed E-state index contributed by atoms with van der Waals surface area (Å²) >= 11 is 1.89. The molecule has 0 radical (unpaired) electrons. The van der Waals surface area contributed by atoms with E-state index >= 15 is 0 Å². The van der Waals surface area contributed by atoms with Crippen LogP contribution in [0.1, 0.15) is 5.56 Å². The molecule has 0 amide bonds. The number of rotatable bonds is 3. The van der Waals surface area contributed by atoms with Gasteiger partial charge in [-0.3, -0.25) is 0 Å². The van der Waals surface area contributed by atoms with Gasteiger partial charge in [0.25, 0.3) is 0 Å². The monoisotopic (exact) mass is 533 g/mol. The highest BCUT2D eigenvalue weighted by atomic mass is 32.1. The molecule has 0 saturated carbocycles. The van der Waals surface area contributed by atoms with Crippen LogP contribution in [0.3, 0.4) is 0 Å². The van der Waals surface area contributed by atoms with Gasteiger partial charge in [0.2, 0.25) is 0 Å². The number of hydrogen-bond donors (Lipinski definition) is 2. The van der Waals surface area contributed by atoms with Crippen molar-refractivity contribution in [3.63, 3.8) is 0 Å². The maximum absolute atomic E-state index is 3.91. The summed E-state index contributed by atoms with van der Waals surface area (Å²) in [5, 5.41) is 8.78. The number of allylic oxidation sites excluding steroid dienone is 4. The molecule has 1 aromatic heterocycles. The van der Waals surface area contributed by atoms with E-state index in [2.05, 4.69) is 149 Å². The van der Waals surface area contributed by atoms with E-state index in [0.29, 0.717) is 0 Å². The number of dihydropyridines is 2. The van der Waals surface area contributed by atoms with Crippen LogP contribution < -0.4 is 15.5 Å². The third kappa shape index (κ3) is 3.72. The fraction of sp³-hybridized carbons (Fsp3) is 0.0556. The van der Waals surface area contributed by atoms with Crippen LogP contribution >= 0.6 is 11.3 Å². The first-order chi connectivity index (χ1) is 19.8. The van der Waals surface area contributed by atoms with Gasteiger partial charge >= 0.3 is 0 Å². The first-order valence-corrected chi connectivity index (χ1v) is 14.5. The van der Waals surface area contributed by atoms with Crippen molar-refractivity contribution in [3.05, 3.63) is 150 Å². The molecule has 3 aliphatic heterocycles. The molecule has 0 fully saturated rings. The molecule has 3 nitrogen and oxygen atoms in total. The Hall–Kier alpha value is -4.80. The summed E-state index contributed by atoms with van der Waals surface area (Å²) in [6, 6.07) is 37.2. The molecule has 5 aromatic rings. The average molecular weight is 534 g/mol. The molecular formula is C36H27N3S. The maximum Gasteiger partial charge on any atom is 0.124 e. The van der Waals surface area contributed by atoms with Gasteiger partial charge in [-0.15, -0.1) is 11.3 Å². The minimum atomic E-state index is -0.105. The molecule has 4 heteroatoms. The predicted molar refractivity (Wildman–Crippen MR) is 169 cm³/mol. The molecule has 4 heterocycles. The molecule has 192 valence electrons. The van der Waals surface area contributed by atoms with E-state index in [1.807, 2.05) is 11.3 Å². The third-order valence-corrected chi connectivity index (χ3v) is 9.07. The number of thiophene rings is 1. The van der Waals surface area contributed by atoms with Gasteiger partial charge in [0, 0.05) is 38.2 Å². The fourth-order valence-corrected chi connectivity index (χ4v) is 7.32. The molecule has 0 bridgehead atoms. The summed E-state index contributed by atoms with van der Waals surface area (Å²) in [5.74, 6) is 0. The van der Waals surface area contributed by atoms with Crippen LogP contribution in [0.2, 0.25) is 0 Å². The number of para-hydroxylation sites is 2. The van der Waals surface area contributed by atoms with Crippen molar-refractivity contribution in [1.29, 1.82) is 0 Å². The van der Waals surface area contributed by atoms with Crippen LogP contribution in [0.4, 0.5) is 11.4 Å². The first kappa shape index (κ1) is 23.1. The Balaban J connectivity index is 1.37. The highest BCUT2D eigenvalue weighted by Crippen LogP contribution is 2.54. The van der Waals surface area contributed by atoms with Gasteiger partial charge in [0.1, 0.15) is 6.17 Å². The van der Waals surface area contributed by atoms with E-state index in [1.54, 1.807) is 0 Å². The lowest BCUT2D eigenvalue weighted by atomic mass is 9.98. The Morgan fingerprint density at radius 1 is 0.725 bits per heavy atom. The molecule has 3 aliphatic rings. The average Bonchev–Trinajstić information content (AvgIpc) is 3.36. The zero-order valence-electron chi connectivity index (χ0n) is 21.8. The Morgan fingerprint density at radius 2 is 1.45 bits per heavy atom. The Labute approximate surface area is 238 Å². The number of nitrogens with one attached hydrogen (secondary N) is 2. The van der Waals surface area contributed by atoms with Crippen molar-refractivity contribution in [2.24, 2.45) is 0 Å². The lowest BCUT2D eigenvalue weighted by Crippen LogP contribution is -2.44. The standard InChI is InChI=1S/C36H27N3S/c1-2-12-24(13-3-1)25-22-30(29-17-10-11-21-37-29)38-34(23-25)39-31-18-7-4-14-26(31)35-28-16-6-9-20-33(28)40-36(35)27-15-5-8-19-32(27)39/h1-20,22-23,34,37-38H,21H2. The second kappa shape index (κ2) is 9.44. The van der Waals surface area contributed by atoms with Crippen molar-refractivity contribution in [1.82, 2.24) is 10.6 Å². The molecule has 4 aromatic carbocycles. The van der Waals surface area contributed by atoms with E-state index in [4.69, 9.17) is 0 Å². The van der Waals surface area contributed by atoms with Crippen LogP contribution in [-0.2, 0) is 0 Å². The Bertz CT molecular complexity index is 1890. The molecule has 2 N–H and O–H groups in total. The largest absolute Gasteiger partial charge is 0.380 e. The molecule has 1 unspecified atom stereocenters. The summed E-state index contributed by atoms with van der Waals surface area (Å²) in [6.07, 6.45) is 11.0. The van der Waals surface area contributed by atoms with E-state index in [1.165, 1.54) is 54.2 Å². The molecule has 0 spiro atoms. The third-order valence-electron chi connectivity index (χ3n) is 7.86. The van der Waals surface area contributed by atoms with E-state index in [9.17, 15) is 0 Å². The van der Waals surface area contributed by atoms with Crippen LogP contribution in [-0.4, -0.2) is 12.7 Å². The van der Waals surface area contributed by atoms with Gasteiger partial charge in [-0.2, -0.15) is 0 Å². The first-order valence-electron chi connectivity index (χ1n) is 13.7. The second-order valence-electron chi connectivity index (χ2n) is 10.2. The van der Waals surface area contributed by atoms with Crippen molar-refractivity contribution in [2.75, 3.05) is 11.4 Å². The molecule has 0 saturated heterocycles. The van der Waals surface area contributed by atoms with Gasteiger partial charge in [-0.05, 0) is 47.6 Å². The van der Waals surface area contributed by atoms with Gasteiger partial charge in [-0.25, -0.2) is 0 Å². The minimum absolute atomic E-state index is 0.105. The smallest absolute Gasteiger partial charge is 0.124 e. The topological polar surface area (TPSA) is 27.3 Å². The number of anilines is 2. The minimum Gasteiger partial charge on any atom is -0.380 e. The van der Waals surface area contributed by atoms with E-state index in [0.717, 1.165) is 17.9 Å². The molecule has 1 atom stereocenters. The summed E-state index contributed by atoms with van der Waals surface area (Å²) in [6.45, 7) is 0.822. The van der Waals surface area contributed by atoms with Crippen molar-refractivity contribution < 1.29 is 0 Å². The molecule has 0 aliphatic carbocycles. The van der Waals surface area contributed by atoms with Gasteiger partial charge in [0.05, 0.1) is 22.8 Å². The fourth-order valence-electron chi connectivity index (χ4n) is 6.07. The highest BCUT2D eigenvalue weighted by molar-refractivity contribution is 7.23. The Kier molecular flexibility index (Phi) is 5.45. The van der Waals surface area contributed by atoms with Gasteiger partial charge in [-0.1, -0.05) is 97.1 Å². The molecule has 40 heavy (non-hydrogen) atoms. The number of hydrogen-bond acceptors (Lipinski definition) is 4. The number of fused-ring (bicyclic) bond motifs is 7. The summed E-state index contributed by atoms with van der Waals surface area (Å²) in [7, 11) is 0. The van der Waals surface area contributed by atoms with Crippen molar-refractivity contribution in [2.45, 2.75) is 6.17 Å². The van der Waals surface area contributed by atoms with Crippen LogP contribution in [0.25, 0.3) is 37.2 Å². The van der Waals surface area contributed by atoms with Crippen molar-refractivity contribution in [3.8, 4) is 21.6 Å². The number of benzene rings is 4. The lowest BCUT2D eigenvalue weighted by molar-refractivity contribution is 0.663. The SMILES string of the molecule is C1=CCNC(C2=CC(c3ccccc3)=CC(N3c4ccccc4-c4sc5ccccc5c4-c4ccccc43)N2)=C1. The highest BCUT2D eigenvalue weighted by Gasteiger charge is 2.32. The lowest BCUT2D eigenvalue weighted by Gasteiger charge is -2.37. The van der Waals surface area contributed by atoms with Crippen LogP contribution in [0.15, 0.2) is 145 Å². The Morgan fingerprint density at radius 3 is 2.27 bits per heavy atom. The normalized spacial score (nSPS) is 17.4. The van der Waals surface area contributed by atoms with Crippen LogP contribution in [0, 0.1) is 0 Å². The van der Waals surface area contributed by atoms with Crippen molar-refractivity contribution >= 4 is 38.4 Å². The number of nitrogens with zero attached hydrogens (tertiary/aromatic N) is 1. The molecular weight excluding hydrogens is 506 g/mol. The van der Waals surface area contributed by atoms with E-state index < -0.39 is 0 Å². The summed E-state index contributed by atoms with van der Waals surface area (Å²) in [4.78, 5) is 3.81. The summed E-state index contributed by atoms with van der Waals surface area (Å²) < 4.78 is 1.32. The quantitative estimate of drug-likeness (QED) is 0.243. The zero-order chi connectivity index (χ0) is 26.5. The maximum atomic E-state index is 3.91.